The van der Waals surface area contributed by atoms with Gasteiger partial charge in [-0.15, -0.1) is 0 Å². The Balaban J connectivity index is 1.81. The van der Waals surface area contributed by atoms with Crippen molar-refractivity contribution < 1.29 is 4.42 Å². The number of anilines is 1. The summed E-state index contributed by atoms with van der Waals surface area (Å²) >= 11 is 0. The van der Waals surface area contributed by atoms with Crippen LogP contribution in [-0.2, 0) is 6.54 Å². The van der Waals surface area contributed by atoms with Crippen molar-refractivity contribution in [3.63, 3.8) is 0 Å². The van der Waals surface area contributed by atoms with Crippen LogP contribution in [0.25, 0.3) is 22.1 Å². The average molecular weight is 289 g/mol. The van der Waals surface area contributed by atoms with E-state index < -0.39 is 0 Å². The lowest BCUT2D eigenvalue weighted by atomic mass is 10.2. The predicted octanol–water partition coefficient (Wildman–Crippen LogP) is 4.01. The highest BCUT2D eigenvalue weighted by Crippen LogP contribution is 2.31. The summed E-state index contributed by atoms with van der Waals surface area (Å²) in [4.78, 5) is 10.9. The van der Waals surface area contributed by atoms with E-state index in [0.717, 1.165) is 34.4 Å². The molecule has 4 nitrogen and oxygen atoms in total. The van der Waals surface area contributed by atoms with E-state index in [1.54, 1.807) is 6.33 Å². The van der Waals surface area contributed by atoms with Gasteiger partial charge >= 0.3 is 0 Å². The van der Waals surface area contributed by atoms with E-state index in [2.05, 4.69) is 27.0 Å². The molecule has 4 heteroatoms. The number of hydrogen-bond acceptors (Lipinski definition) is 4. The number of aromatic nitrogens is 2. The molecule has 0 spiro atoms. The molecule has 2 aromatic heterocycles. The Bertz CT molecular complexity index is 931. The molecule has 0 saturated carbocycles. The van der Waals surface area contributed by atoms with Gasteiger partial charge < -0.3 is 9.32 Å². The van der Waals surface area contributed by atoms with Gasteiger partial charge in [-0.05, 0) is 17.7 Å². The van der Waals surface area contributed by atoms with Crippen molar-refractivity contribution in [1.82, 2.24) is 9.97 Å². The second-order valence-corrected chi connectivity index (χ2v) is 5.31. The van der Waals surface area contributed by atoms with Crippen LogP contribution in [0.5, 0.6) is 0 Å². The van der Waals surface area contributed by atoms with Gasteiger partial charge in [-0.2, -0.15) is 0 Å². The minimum absolute atomic E-state index is 0.738. The molecule has 0 atom stereocenters. The van der Waals surface area contributed by atoms with Gasteiger partial charge in [0.1, 0.15) is 17.4 Å². The first-order valence-corrected chi connectivity index (χ1v) is 7.20. The highest BCUT2D eigenvalue weighted by atomic mass is 16.3. The number of para-hydroxylation sites is 1. The normalized spacial score (nSPS) is 11.1. The van der Waals surface area contributed by atoms with Crippen molar-refractivity contribution in [2.45, 2.75) is 6.54 Å². The van der Waals surface area contributed by atoms with Crippen LogP contribution in [0.4, 0.5) is 5.82 Å². The molecule has 0 amide bonds. The standard InChI is InChI=1S/C18H15N3O/c1-21(11-13-7-3-2-4-8-13)18-17-16(19-12-20-18)14-9-5-6-10-15(14)22-17/h2-10,12H,11H2,1H3. The van der Waals surface area contributed by atoms with Crippen molar-refractivity contribution in [2.24, 2.45) is 0 Å². The number of fused-ring (bicyclic) bond motifs is 3. The summed E-state index contributed by atoms with van der Waals surface area (Å²) in [7, 11) is 2.02. The number of benzene rings is 2. The van der Waals surface area contributed by atoms with Gasteiger partial charge in [-0.25, -0.2) is 9.97 Å². The van der Waals surface area contributed by atoms with E-state index in [9.17, 15) is 0 Å². The topological polar surface area (TPSA) is 42.2 Å². The number of furan rings is 1. The van der Waals surface area contributed by atoms with Gasteiger partial charge in [-0.3, -0.25) is 0 Å². The first kappa shape index (κ1) is 12.8. The Morgan fingerprint density at radius 2 is 1.73 bits per heavy atom. The predicted molar refractivity (Wildman–Crippen MR) is 87.9 cm³/mol. The fraction of sp³-hybridized carbons (Fsp3) is 0.111. The van der Waals surface area contributed by atoms with Crippen molar-refractivity contribution in [3.05, 3.63) is 66.5 Å². The molecule has 0 aliphatic carbocycles. The molecular weight excluding hydrogens is 274 g/mol. The van der Waals surface area contributed by atoms with Crippen LogP contribution in [0.3, 0.4) is 0 Å². The molecule has 108 valence electrons. The minimum atomic E-state index is 0.738. The molecule has 0 fully saturated rings. The third-order valence-electron chi connectivity index (χ3n) is 3.76. The summed E-state index contributed by atoms with van der Waals surface area (Å²) in [5.74, 6) is 0.810. The molecule has 0 N–H and O–H groups in total. The van der Waals surface area contributed by atoms with Gasteiger partial charge in [0, 0.05) is 19.0 Å². The van der Waals surface area contributed by atoms with Crippen LogP contribution in [0.2, 0.25) is 0 Å². The summed E-state index contributed by atoms with van der Waals surface area (Å²) in [6.45, 7) is 0.768. The van der Waals surface area contributed by atoms with Gasteiger partial charge in [0.2, 0.25) is 0 Å². The van der Waals surface area contributed by atoms with Crippen LogP contribution in [0.1, 0.15) is 5.56 Å². The van der Waals surface area contributed by atoms with Crippen molar-refractivity contribution in [1.29, 1.82) is 0 Å². The van der Waals surface area contributed by atoms with Crippen LogP contribution in [0.15, 0.2) is 65.3 Å². The van der Waals surface area contributed by atoms with Gasteiger partial charge in [0.25, 0.3) is 0 Å². The largest absolute Gasteiger partial charge is 0.450 e. The lowest BCUT2D eigenvalue weighted by molar-refractivity contribution is 0.662. The van der Waals surface area contributed by atoms with Crippen molar-refractivity contribution >= 4 is 27.9 Å². The highest BCUT2D eigenvalue weighted by molar-refractivity contribution is 6.05. The van der Waals surface area contributed by atoms with E-state index in [-0.39, 0.29) is 0 Å². The summed E-state index contributed by atoms with van der Waals surface area (Å²) in [5.41, 5.74) is 3.67. The third-order valence-corrected chi connectivity index (χ3v) is 3.76. The van der Waals surface area contributed by atoms with Crippen LogP contribution >= 0.6 is 0 Å². The van der Waals surface area contributed by atoms with Crippen molar-refractivity contribution in [2.75, 3.05) is 11.9 Å². The highest BCUT2D eigenvalue weighted by Gasteiger charge is 2.15. The Morgan fingerprint density at radius 1 is 0.955 bits per heavy atom. The molecule has 0 radical (unpaired) electrons. The molecule has 0 aliphatic rings. The first-order chi connectivity index (χ1) is 10.8. The number of nitrogens with zero attached hydrogens (tertiary/aromatic N) is 3. The SMILES string of the molecule is CN(Cc1ccccc1)c1ncnc2c1oc1ccccc12. The van der Waals surface area contributed by atoms with Gasteiger partial charge in [0.05, 0.1) is 0 Å². The molecule has 0 aliphatic heterocycles. The zero-order valence-corrected chi connectivity index (χ0v) is 12.2. The Kier molecular flexibility index (Phi) is 3.00. The summed E-state index contributed by atoms with van der Waals surface area (Å²) in [6, 6.07) is 18.2. The molecule has 2 aromatic carbocycles. The molecule has 22 heavy (non-hydrogen) atoms. The molecule has 0 unspecified atom stereocenters. The maximum atomic E-state index is 5.98. The second-order valence-electron chi connectivity index (χ2n) is 5.31. The van der Waals surface area contributed by atoms with Crippen molar-refractivity contribution in [3.8, 4) is 0 Å². The zero-order valence-electron chi connectivity index (χ0n) is 12.2. The molecule has 4 rings (SSSR count). The fourth-order valence-electron chi connectivity index (χ4n) is 2.72. The first-order valence-electron chi connectivity index (χ1n) is 7.20. The molecule has 0 bridgehead atoms. The Morgan fingerprint density at radius 3 is 2.59 bits per heavy atom. The lowest BCUT2D eigenvalue weighted by Crippen LogP contribution is -2.17. The molecule has 0 saturated heterocycles. The van der Waals surface area contributed by atoms with E-state index in [1.165, 1.54) is 5.56 Å². The summed E-state index contributed by atoms with van der Waals surface area (Å²) in [5, 5.41) is 1.02. The Hall–Kier alpha value is -2.88. The lowest BCUT2D eigenvalue weighted by Gasteiger charge is -2.17. The van der Waals surface area contributed by atoms with Gasteiger partial charge in [0.15, 0.2) is 11.4 Å². The summed E-state index contributed by atoms with van der Waals surface area (Å²) in [6.07, 6.45) is 1.60. The van der Waals surface area contributed by atoms with E-state index in [4.69, 9.17) is 4.42 Å². The minimum Gasteiger partial charge on any atom is -0.450 e. The zero-order chi connectivity index (χ0) is 14.9. The molecule has 4 aromatic rings. The van der Waals surface area contributed by atoms with E-state index >= 15 is 0 Å². The maximum Gasteiger partial charge on any atom is 0.196 e. The fourth-order valence-corrected chi connectivity index (χ4v) is 2.72. The molecule has 2 heterocycles. The quantitative estimate of drug-likeness (QED) is 0.571. The smallest absolute Gasteiger partial charge is 0.196 e. The average Bonchev–Trinajstić information content (AvgIpc) is 2.94. The number of hydrogen-bond donors (Lipinski definition) is 0. The second kappa shape index (κ2) is 5.15. The maximum absolute atomic E-state index is 5.98. The molecular formula is C18H15N3O. The third kappa shape index (κ3) is 2.09. The monoisotopic (exact) mass is 289 g/mol. The van der Waals surface area contributed by atoms with Crippen LogP contribution in [0, 0.1) is 0 Å². The van der Waals surface area contributed by atoms with Gasteiger partial charge in [-0.1, -0.05) is 42.5 Å². The van der Waals surface area contributed by atoms with Crippen LogP contribution in [-0.4, -0.2) is 17.0 Å². The number of rotatable bonds is 3. The van der Waals surface area contributed by atoms with Crippen LogP contribution < -0.4 is 4.90 Å². The summed E-state index contributed by atoms with van der Waals surface area (Å²) < 4.78 is 5.98. The Labute approximate surface area is 128 Å². The van der Waals surface area contributed by atoms with E-state index in [0.29, 0.717) is 0 Å². The van der Waals surface area contributed by atoms with E-state index in [1.807, 2.05) is 49.5 Å².